The number of benzene rings is 1. The Labute approximate surface area is 123 Å². The van der Waals surface area contributed by atoms with Crippen LogP contribution in [0.25, 0.3) is 0 Å². The fraction of sp³-hybridized carbons (Fsp3) is 0.462. The maximum atomic E-state index is 11.4. The van der Waals surface area contributed by atoms with E-state index in [0.29, 0.717) is 17.4 Å². The molecule has 1 fully saturated rings. The summed E-state index contributed by atoms with van der Waals surface area (Å²) in [6.07, 6.45) is -0.395. The number of ether oxygens (including phenoxy) is 2. The number of alkyl carbamates (subject to hydrolysis) is 1. The quantitative estimate of drug-likeness (QED) is 0.908. The van der Waals surface area contributed by atoms with Gasteiger partial charge in [0.25, 0.3) is 0 Å². The first-order chi connectivity index (χ1) is 8.44. The van der Waals surface area contributed by atoms with Crippen LogP contribution < -0.4 is 10.1 Å². The van der Waals surface area contributed by atoms with E-state index < -0.39 is 6.09 Å². The van der Waals surface area contributed by atoms with Gasteiger partial charge in [0.15, 0.2) is 0 Å². The smallest absolute Gasteiger partial charge is 0.407 e. The number of hydrogen-bond acceptors (Lipinski definition) is 3. The molecule has 1 N–H and O–H groups in total. The summed E-state index contributed by atoms with van der Waals surface area (Å²) in [4.78, 5) is 11.4. The van der Waals surface area contributed by atoms with Crippen molar-refractivity contribution in [1.82, 2.24) is 5.32 Å². The van der Waals surface area contributed by atoms with Crippen molar-refractivity contribution in [3.63, 3.8) is 0 Å². The van der Waals surface area contributed by atoms with Gasteiger partial charge in [0.05, 0.1) is 18.2 Å². The molecule has 4 nitrogen and oxygen atoms in total. The Morgan fingerprint density at radius 2 is 2.16 bits per heavy atom. The number of nitrogens with one attached hydrogen (secondary N) is 1. The minimum atomic E-state index is -0.395. The molecule has 0 bridgehead atoms. The second-order valence-corrected chi connectivity index (χ2v) is 5.44. The lowest BCUT2D eigenvalue weighted by Gasteiger charge is -2.38. The molecule has 1 aromatic rings. The Kier molecular flexibility index (Phi) is 4.93. The second-order valence-electron chi connectivity index (χ2n) is 5.04. The topological polar surface area (TPSA) is 47.6 Å². The summed E-state index contributed by atoms with van der Waals surface area (Å²) in [6.45, 7) is 4.46. The zero-order chi connectivity index (χ0) is 13.3. The average Bonchev–Trinajstić information content (AvgIpc) is 2.33. The Morgan fingerprint density at radius 1 is 1.47 bits per heavy atom. The zero-order valence-corrected chi connectivity index (χ0v) is 12.6. The fourth-order valence-corrected chi connectivity index (χ4v) is 2.27. The van der Waals surface area contributed by atoms with Gasteiger partial charge in [0.2, 0.25) is 0 Å². The van der Waals surface area contributed by atoms with E-state index in [4.69, 9.17) is 21.1 Å². The van der Waals surface area contributed by atoms with Crippen LogP contribution in [0.5, 0.6) is 5.75 Å². The van der Waals surface area contributed by atoms with Gasteiger partial charge >= 0.3 is 6.09 Å². The van der Waals surface area contributed by atoms with Gasteiger partial charge in [-0.15, -0.1) is 12.4 Å². The lowest BCUT2D eigenvalue weighted by atomic mass is 9.80. The molecule has 0 spiro atoms. The van der Waals surface area contributed by atoms with Gasteiger partial charge in [-0.1, -0.05) is 31.5 Å². The summed E-state index contributed by atoms with van der Waals surface area (Å²) in [5.74, 6) is 0.603. The van der Waals surface area contributed by atoms with Crippen molar-refractivity contribution in [1.29, 1.82) is 0 Å². The molecule has 1 aliphatic heterocycles. The molecule has 1 atom stereocenters. The van der Waals surface area contributed by atoms with Gasteiger partial charge in [0.1, 0.15) is 12.4 Å². The molecule has 6 heteroatoms. The first kappa shape index (κ1) is 15.9. The first-order valence-electron chi connectivity index (χ1n) is 5.71. The third kappa shape index (κ3) is 3.25. The Hall–Kier alpha value is -1.13. The van der Waals surface area contributed by atoms with E-state index in [-0.39, 0.29) is 23.9 Å². The number of halogens is 2. The van der Waals surface area contributed by atoms with E-state index >= 15 is 0 Å². The van der Waals surface area contributed by atoms with Crippen molar-refractivity contribution in [3.8, 4) is 5.75 Å². The standard InChI is InChI=1S/C13H16ClNO3.ClH/c1-13(2)7-18-12(16)15-11(13)8-4-5-9(14)10(6-8)17-3;/h4-6,11H,7H2,1-3H3,(H,15,16);1H/t11-;/m0./s1. The SMILES string of the molecule is COc1cc([C@@H]2NC(=O)OCC2(C)C)ccc1Cl.Cl. The van der Waals surface area contributed by atoms with Crippen LogP contribution in [0.3, 0.4) is 0 Å². The molecule has 1 heterocycles. The highest BCUT2D eigenvalue weighted by Crippen LogP contribution is 2.38. The number of carbonyl (C=O) groups is 1. The molecule has 1 aliphatic rings. The van der Waals surface area contributed by atoms with Crippen LogP contribution in [-0.2, 0) is 4.74 Å². The molecule has 0 saturated carbocycles. The first-order valence-corrected chi connectivity index (χ1v) is 6.08. The second kappa shape index (κ2) is 5.88. The summed E-state index contributed by atoms with van der Waals surface area (Å²) in [7, 11) is 1.57. The van der Waals surface area contributed by atoms with Crippen LogP contribution in [0, 0.1) is 5.41 Å². The van der Waals surface area contributed by atoms with Crippen LogP contribution in [0.4, 0.5) is 4.79 Å². The Morgan fingerprint density at radius 3 is 2.79 bits per heavy atom. The van der Waals surface area contributed by atoms with E-state index in [1.165, 1.54) is 0 Å². The monoisotopic (exact) mass is 305 g/mol. The van der Waals surface area contributed by atoms with E-state index in [9.17, 15) is 4.79 Å². The molecule has 0 aliphatic carbocycles. The van der Waals surface area contributed by atoms with Crippen molar-refractivity contribution in [2.24, 2.45) is 5.41 Å². The Bertz CT molecular complexity index is 477. The molecule has 0 aromatic heterocycles. The summed E-state index contributed by atoms with van der Waals surface area (Å²) in [5, 5.41) is 3.39. The van der Waals surface area contributed by atoms with Crippen LogP contribution in [0.2, 0.25) is 5.02 Å². The zero-order valence-electron chi connectivity index (χ0n) is 11.0. The molecule has 0 unspecified atom stereocenters. The number of hydrogen-bond donors (Lipinski definition) is 1. The van der Waals surface area contributed by atoms with E-state index in [0.717, 1.165) is 5.56 Å². The van der Waals surface area contributed by atoms with Crippen molar-refractivity contribution in [2.45, 2.75) is 19.9 Å². The van der Waals surface area contributed by atoms with Gasteiger partial charge in [0, 0.05) is 5.41 Å². The van der Waals surface area contributed by atoms with Crippen LogP contribution in [-0.4, -0.2) is 19.8 Å². The molecular formula is C13H17Cl2NO3. The predicted octanol–water partition coefficient (Wildman–Crippen LogP) is 3.58. The largest absolute Gasteiger partial charge is 0.495 e. The van der Waals surface area contributed by atoms with E-state index in [1.807, 2.05) is 26.0 Å². The van der Waals surface area contributed by atoms with Gasteiger partial charge in [-0.3, -0.25) is 0 Å². The number of methoxy groups -OCH3 is 1. The van der Waals surface area contributed by atoms with Crippen molar-refractivity contribution < 1.29 is 14.3 Å². The number of cyclic esters (lactones) is 1. The lowest BCUT2D eigenvalue weighted by molar-refractivity contribution is 0.0387. The number of rotatable bonds is 2. The molecule has 1 saturated heterocycles. The van der Waals surface area contributed by atoms with E-state index in [1.54, 1.807) is 13.2 Å². The maximum Gasteiger partial charge on any atom is 0.407 e. The highest BCUT2D eigenvalue weighted by Gasteiger charge is 2.38. The fourth-order valence-electron chi connectivity index (χ4n) is 2.08. The van der Waals surface area contributed by atoms with Gasteiger partial charge in [-0.25, -0.2) is 4.79 Å². The van der Waals surface area contributed by atoms with Crippen molar-refractivity contribution in [3.05, 3.63) is 28.8 Å². The average molecular weight is 306 g/mol. The molecule has 1 aromatic carbocycles. The molecule has 1 amide bonds. The summed E-state index contributed by atoms with van der Waals surface area (Å²) in [5.41, 5.74) is 0.769. The molecule has 2 rings (SSSR count). The molecule has 19 heavy (non-hydrogen) atoms. The number of amides is 1. The number of carbonyl (C=O) groups excluding carboxylic acids is 1. The van der Waals surface area contributed by atoms with E-state index in [2.05, 4.69) is 5.32 Å². The summed E-state index contributed by atoms with van der Waals surface area (Å²) in [6, 6.07) is 5.39. The van der Waals surface area contributed by atoms with Crippen LogP contribution >= 0.6 is 24.0 Å². The highest BCUT2D eigenvalue weighted by atomic mass is 35.5. The third-order valence-corrected chi connectivity index (χ3v) is 3.44. The molecule has 0 radical (unpaired) electrons. The highest BCUT2D eigenvalue weighted by molar-refractivity contribution is 6.32. The summed E-state index contributed by atoms with van der Waals surface area (Å²) < 4.78 is 10.2. The normalized spacial score (nSPS) is 20.8. The van der Waals surface area contributed by atoms with Gasteiger partial charge in [-0.05, 0) is 17.7 Å². The van der Waals surface area contributed by atoms with Crippen LogP contribution in [0.1, 0.15) is 25.5 Å². The van der Waals surface area contributed by atoms with Crippen molar-refractivity contribution >= 4 is 30.1 Å². The van der Waals surface area contributed by atoms with Crippen molar-refractivity contribution in [2.75, 3.05) is 13.7 Å². The summed E-state index contributed by atoms with van der Waals surface area (Å²) >= 11 is 6.00. The van der Waals surface area contributed by atoms with Gasteiger partial charge < -0.3 is 14.8 Å². The molecular weight excluding hydrogens is 289 g/mol. The predicted molar refractivity (Wildman–Crippen MR) is 76.3 cm³/mol. The molecule has 106 valence electrons. The maximum absolute atomic E-state index is 11.4. The third-order valence-electron chi connectivity index (χ3n) is 3.13. The Balaban J connectivity index is 0.00000180. The van der Waals surface area contributed by atoms with Gasteiger partial charge in [-0.2, -0.15) is 0 Å². The lowest BCUT2D eigenvalue weighted by Crippen LogP contribution is -2.46. The minimum absolute atomic E-state index is 0. The minimum Gasteiger partial charge on any atom is -0.495 e. The van der Waals surface area contributed by atoms with Crippen LogP contribution in [0.15, 0.2) is 18.2 Å².